The van der Waals surface area contributed by atoms with Gasteiger partial charge in [-0.05, 0) is 68.6 Å². The first-order valence-electron chi connectivity index (χ1n) is 12.0. The summed E-state index contributed by atoms with van der Waals surface area (Å²) in [7, 11) is 0. The van der Waals surface area contributed by atoms with Gasteiger partial charge in [-0.2, -0.15) is 5.10 Å². The van der Waals surface area contributed by atoms with Crippen LogP contribution in [0.3, 0.4) is 0 Å². The Labute approximate surface area is 193 Å². The summed E-state index contributed by atoms with van der Waals surface area (Å²) in [4.78, 5) is 21.1. The zero-order chi connectivity index (χ0) is 23.0. The molecule has 4 saturated carbocycles. The van der Waals surface area contributed by atoms with Crippen LogP contribution < -0.4 is 5.32 Å². The van der Waals surface area contributed by atoms with E-state index >= 15 is 0 Å². The van der Waals surface area contributed by atoms with Crippen molar-refractivity contribution in [3.63, 3.8) is 0 Å². The number of H-pyrrole nitrogens is 1. The lowest BCUT2D eigenvalue weighted by atomic mass is 9.61. The fourth-order valence-electron chi connectivity index (χ4n) is 6.13. The van der Waals surface area contributed by atoms with Crippen LogP contribution in [0, 0.1) is 23.6 Å². The quantitative estimate of drug-likeness (QED) is 0.411. The number of nitrogens with one attached hydrogen (secondary N) is 2. The Balaban J connectivity index is 1.38. The first-order chi connectivity index (χ1) is 16.6. The molecule has 9 nitrogen and oxygen atoms in total. The Bertz CT molecular complexity index is 1430. The molecule has 8 rings (SSSR count). The van der Waals surface area contributed by atoms with Gasteiger partial charge in [-0.1, -0.05) is 0 Å². The van der Waals surface area contributed by atoms with Crippen molar-refractivity contribution in [2.45, 2.75) is 50.5 Å². The third kappa shape index (κ3) is 3.00. The fraction of sp³-hybridized carbons (Fsp3) is 0.458. The minimum absolute atomic E-state index is 0.189. The number of aromatic amines is 1. The molecule has 4 heterocycles. The molecule has 0 aromatic carbocycles. The topological polar surface area (TPSA) is 121 Å². The van der Waals surface area contributed by atoms with E-state index in [0.29, 0.717) is 40.2 Å². The third-order valence-corrected chi connectivity index (χ3v) is 7.94. The minimum Gasteiger partial charge on any atom is -0.481 e. The lowest BCUT2D eigenvalue weighted by Crippen LogP contribution is -2.51. The molecule has 2 atom stereocenters. The number of nitrogens with zero attached hydrogens (tertiary/aromatic N) is 5. The van der Waals surface area contributed by atoms with Crippen molar-refractivity contribution >= 4 is 28.3 Å². The van der Waals surface area contributed by atoms with Crippen molar-refractivity contribution in [3.8, 4) is 11.5 Å². The van der Waals surface area contributed by atoms with Gasteiger partial charge >= 0.3 is 5.97 Å². The van der Waals surface area contributed by atoms with Crippen LogP contribution in [0.15, 0.2) is 24.4 Å². The van der Waals surface area contributed by atoms with Gasteiger partial charge in [0.1, 0.15) is 17.0 Å². The van der Waals surface area contributed by atoms with Crippen molar-refractivity contribution in [1.82, 2.24) is 29.8 Å². The maximum absolute atomic E-state index is 14.0. The van der Waals surface area contributed by atoms with Gasteiger partial charge in [-0.25, -0.2) is 18.9 Å². The Morgan fingerprint density at radius 2 is 1.94 bits per heavy atom. The number of aliphatic carboxylic acids is 1. The first-order valence-corrected chi connectivity index (χ1v) is 12.0. The van der Waals surface area contributed by atoms with Gasteiger partial charge in [-0.3, -0.25) is 9.89 Å². The van der Waals surface area contributed by atoms with Crippen LogP contribution in [0.5, 0.6) is 0 Å². The second-order valence-corrected chi connectivity index (χ2v) is 9.94. The van der Waals surface area contributed by atoms with E-state index in [4.69, 9.17) is 10.1 Å². The monoisotopic (exact) mass is 461 g/mol. The Kier molecular flexibility index (Phi) is 4.22. The zero-order valence-corrected chi connectivity index (χ0v) is 18.4. The molecule has 4 aliphatic rings. The molecule has 4 aromatic rings. The molecule has 3 N–H and O–H groups in total. The Morgan fingerprint density at radius 3 is 2.71 bits per heavy atom. The summed E-state index contributed by atoms with van der Waals surface area (Å²) in [6, 6.07) is 5.26. The lowest BCUT2D eigenvalue weighted by molar-refractivity contribution is -0.148. The fourth-order valence-corrected chi connectivity index (χ4v) is 6.13. The molecule has 34 heavy (non-hydrogen) atoms. The summed E-state index contributed by atoms with van der Waals surface area (Å²) in [5, 5.41) is 26.0. The number of anilines is 1. The number of hydrogen-bond donors (Lipinski definition) is 3. The van der Waals surface area contributed by atoms with Crippen LogP contribution in [0.2, 0.25) is 0 Å². The number of carboxylic acid groups (broad SMARTS) is 1. The number of pyridine rings is 1. The second kappa shape index (κ2) is 7.22. The third-order valence-electron chi connectivity index (χ3n) is 7.94. The van der Waals surface area contributed by atoms with E-state index in [9.17, 15) is 14.3 Å². The molecule has 4 fully saturated rings. The predicted molar refractivity (Wildman–Crippen MR) is 122 cm³/mol. The van der Waals surface area contributed by atoms with Gasteiger partial charge in [0.2, 0.25) is 5.82 Å². The van der Waals surface area contributed by atoms with Gasteiger partial charge in [0.05, 0.1) is 17.5 Å². The molecule has 4 aromatic heterocycles. The van der Waals surface area contributed by atoms with Crippen LogP contribution in [0.25, 0.3) is 28.1 Å². The molecule has 0 spiro atoms. The van der Waals surface area contributed by atoms with E-state index in [1.54, 1.807) is 0 Å². The van der Waals surface area contributed by atoms with Gasteiger partial charge < -0.3 is 10.4 Å². The number of rotatable bonds is 5. The summed E-state index contributed by atoms with van der Waals surface area (Å²) in [6.07, 6.45) is 7.37. The van der Waals surface area contributed by atoms with Gasteiger partial charge in [-0.15, -0.1) is 5.10 Å². The summed E-state index contributed by atoms with van der Waals surface area (Å²) < 4.78 is 15.9. The molecule has 2 bridgehead atoms. The van der Waals surface area contributed by atoms with Gasteiger partial charge in [0, 0.05) is 17.7 Å². The molecule has 0 saturated heterocycles. The predicted octanol–water partition coefficient (Wildman–Crippen LogP) is 3.99. The van der Waals surface area contributed by atoms with Crippen molar-refractivity contribution in [1.29, 1.82) is 0 Å². The Hall–Kier alpha value is -3.56. The van der Waals surface area contributed by atoms with Crippen LogP contribution in [-0.4, -0.2) is 46.9 Å². The molecule has 0 amide bonds. The smallest absolute Gasteiger partial charge is 0.308 e. The highest BCUT2D eigenvalue weighted by Crippen LogP contribution is 2.47. The molecule has 4 aliphatic carbocycles. The first kappa shape index (κ1) is 19.9. The largest absolute Gasteiger partial charge is 0.481 e. The summed E-state index contributed by atoms with van der Waals surface area (Å²) >= 11 is 0. The van der Waals surface area contributed by atoms with Crippen molar-refractivity contribution in [3.05, 3.63) is 35.9 Å². The van der Waals surface area contributed by atoms with E-state index in [2.05, 4.69) is 26.6 Å². The highest BCUT2D eigenvalue weighted by atomic mass is 19.1. The zero-order valence-electron chi connectivity index (χ0n) is 18.4. The molecule has 0 radical (unpaired) electrons. The van der Waals surface area contributed by atoms with Crippen molar-refractivity contribution in [2.24, 2.45) is 17.8 Å². The highest BCUT2D eigenvalue weighted by Gasteiger charge is 2.47. The number of halogens is 1. The van der Waals surface area contributed by atoms with Crippen LogP contribution in [-0.2, 0) is 4.79 Å². The van der Waals surface area contributed by atoms with Crippen LogP contribution >= 0.6 is 0 Å². The van der Waals surface area contributed by atoms with E-state index in [-0.39, 0.29) is 12.0 Å². The van der Waals surface area contributed by atoms with E-state index in [0.717, 1.165) is 55.9 Å². The number of carbonyl (C=O) groups is 1. The molecule has 10 heteroatoms. The summed E-state index contributed by atoms with van der Waals surface area (Å²) in [5.41, 5.74) is 2.80. The van der Waals surface area contributed by atoms with Gasteiger partial charge in [0.15, 0.2) is 11.5 Å². The van der Waals surface area contributed by atoms with Crippen LogP contribution in [0.4, 0.5) is 10.2 Å². The summed E-state index contributed by atoms with van der Waals surface area (Å²) in [5.74, 6) is 0.241. The number of fused-ring (bicyclic) bond motifs is 5. The number of aromatic nitrogens is 6. The molecule has 0 aliphatic heterocycles. The minimum atomic E-state index is -0.744. The molecule has 174 valence electrons. The van der Waals surface area contributed by atoms with E-state index < -0.39 is 17.7 Å². The SMILES string of the molecule is O=C(O)[C@H]1[C@H]2CC[C@H](CC2)[C@@H]1Nc1nc(-c2n[nH]c3ncc(F)cc23)nn2c(C3CC3)ccc12. The maximum atomic E-state index is 14.0. The van der Waals surface area contributed by atoms with E-state index in [1.165, 1.54) is 6.07 Å². The highest BCUT2D eigenvalue weighted by molar-refractivity contribution is 5.89. The second-order valence-electron chi connectivity index (χ2n) is 9.94. The Morgan fingerprint density at radius 1 is 1.15 bits per heavy atom. The standard InChI is InChI=1S/C24H24FN7O2/c25-14-9-15-20(29-30-21(15)26-10-14)23-28-22(17-8-7-16(11-1-2-11)32(17)31-23)27-19-13-5-3-12(4-6-13)18(19)24(33)34/h7-13,18-19H,1-6H2,(H,33,34)(H,26,29,30)(H,27,28,31)/t12-,13+,18-,19-/m0/s1. The average molecular weight is 462 g/mol. The van der Waals surface area contributed by atoms with Crippen molar-refractivity contribution in [2.75, 3.05) is 5.32 Å². The maximum Gasteiger partial charge on any atom is 0.308 e. The molecule has 0 unspecified atom stereocenters. The number of hydrogen-bond acceptors (Lipinski definition) is 6. The van der Waals surface area contributed by atoms with Gasteiger partial charge in [0.25, 0.3) is 0 Å². The van der Waals surface area contributed by atoms with E-state index in [1.807, 2.05) is 10.6 Å². The lowest BCUT2D eigenvalue weighted by Gasteiger charge is -2.47. The molecular formula is C24H24FN7O2. The normalized spacial score (nSPS) is 26.4. The average Bonchev–Trinajstić information content (AvgIpc) is 3.45. The van der Waals surface area contributed by atoms with Crippen molar-refractivity contribution < 1.29 is 14.3 Å². The number of carboxylic acids is 1. The van der Waals surface area contributed by atoms with Crippen LogP contribution in [0.1, 0.15) is 50.1 Å². The molecular weight excluding hydrogens is 437 g/mol. The summed E-state index contributed by atoms with van der Waals surface area (Å²) in [6.45, 7) is 0.